The quantitative estimate of drug-likeness (QED) is 0.628. The van der Waals surface area contributed by atoms with Crippen LogP contribution in [0.3, 0.4) is 0 Å². The maximum absolute atomic E-state index is 12.2. The molecule has 0 bridgehead atoms. The fourth-order valence-corrected chi connectivity index (χ4v) is 2.98. The third-order valence-electron chi connectivity index (χ3n) is 4.69. The summed E-state index contributed by atoms with van der Waals surface area (Å²) in [5.74, 6) is -0.512. The van der Waals surface area contributed by atoms with Crippen LogP contribution in [-0.2, 0) is 15.6 Å². The second-order valence-corrected chi connectivity index (χ2v) is 9.38. The molecule has 0 spiro atoms. The van der Waals surface area contributed by atoms with E-state index in [-0.39, 0.29) is 28.8 Å². The molecule has 0 fully saturated rings. The van der Waals surface area contributed by atoms with Gasteiger partial charge in [-0.15, -0.1) is 0 Å². The van der Waals surface area contributed by atoms with Gasteiger partial charge < -0.3 is 14.9 Å². The third kappa shape index (κ3) is 5.96. The molecule has 2 aromatic rings. The molecular weight excluding hydrogens is 380 g/mol. The van der Waals surface area contributed by atoms with Crippen LogP contribution in [0.5, 0.6) is 11.5 Å². The fourth-order valence-electron chi connectivity index (χ4n) is 2.98. The first-order valence-electron chi connectivity index (χ1n) is 9.84. The molecule has 0 aliphatic carbocycles. The summed E-state index contributed by atoms with van der Waals surface area (Å²) in [7, 11) is 0. The van der Waals surface area contributed by atoms with E-state index in [2.05, 4.69) is 0 Å². The molecule has 0 aliphatic rings. The van der Waals surface area contributed by atoms with Crippen LogP contribution in [0.15, 0.2) is 42.5 Å². The number of phenols is 1. The molecular formula is C25H30O5. The zero-order chi connectivity index (χ0) is 22.7. The standard InChI is InChI=1S/C25H30O5/c1-24(2,3)20-13-16(14-21(22(20)27)25(4,5)6)7-10-18(26)15-30-19-11-8-17(9-12-19)23(28)29/h7-14,27H,15H2,1-6H3,(H,28,29)/b10-7+. The van der Waals surface area contributed by atoms with E-state index in [4.69, 9.17) is 9.84 Å². The Morgan fingerprint density at radius 3 is 1.87 bits per heavy atom. The number of rotatable bonds is 6. The number of carboxylic acid groups (broad SMARTS) is 1. The number of carbonyl (C=O) groups is 2. The lowest BCUT2D eigenvalue weighted by Crippen LogP contribution is -2.17. The van der Waals surface area contributed by atoms with Crippen molar-refractivity contribution >= 4 is 17.8 Å². The summed E-state index contributed by atoms with van der Waals surface area (Å²) < 4.78 is 5.43. The predicted molar refractivity (Wildman–Crippen MR) is 118 cm³/mol. The molecule has 0 saturated carbocycles. The van der Waals surface area contributed by atoms with Crippen molar-refractivity contribution in [2.75, 3.05) is 6.61 Å². The van der Waals surface area contributed by atoms with Crippen molar-refractivity contribution in [2.24, 2.45) is 0 Å². The van der Waals surface area contributed by atoms with Gasteiger partial charge in [0.2, 0.25) is 0 Å². The Morgan fingerprint density at radius 2 is 1.43 bits per heavy atom. The Morgan fingerprint density at radius 1 is 0.933 bits per heavy atom. The molecule has 30 heavy (non-hydrogen) atoms. The third-order valence-corrected chi connectivity index (χ3v) is 4.69. The van der Waals surface area contributed by atoms with Gasteiger partial charge in [-0.3, -0.25) is 4.79 Å². The molecule has 0 aromatic heterocycles. The van der Waals surface area contributed by atoms with Crippen LogP contribution in [0.25, 0.3) is 6.08 Å². The van der Waals surface area contributed by atoms with Crippen LogP contribution in [-0.4, -0.2) is 28.6 Å². The van der Waals surface area contributed by atoms with Crippen molar-refractivity contribution in [2.45, 2.75) is 52.4 Å². The van der Waals surface area contributed by atoms with E-state index in [9.17, 15) is 14.7 Å². The summed E-state index contributed by atoms with van der Waals surface area (Å²) in [6, 6.07) is 9.70. The monoisotopic (exact) mass is 410 g/mol. The zero-order valence-electron chi connectivity index (χ0n) is 18.4. The van der Waals surface area contributed by atoms with Gasteiger partial charge in [0.15, 0.2) is 12.4 Å². The van der Waals surface area contributed by atoms with E-state index in [0.29, 0.717) is 11.5 Å². The summed E-state index contributed by atoms with van der Waals surface area (Å²) in [5.41, 5.74) is 2.16. The summed E-state index contributed by atoms with van der Waals surface area (Å²) >= 11 is 0. The van der Waals surface area contributed by atoms with E-state index < -0.39 is 5.97 Å². The highest BCUT2D eigenvalue weighted by Gasteiger charge is 2.26. The Kier molecular flexibility index (Phi) is 6.76. The van der Waals surface area contributed by atoms with Crippen molar-refractivity contribution in [1.29, 1.82) is 0 Å². The number of aromatic hydroxyl groups is 1. The van der Waals surface area contributed by atoms with E-state index in [1.165, 1.54) is 30.3 Å². The average molecular weight is 411 g/mol. The van der Waals surface area contributed by atoms with Crippen LogP contribution in [0, 0.1) is 0 Å². The lowest BCUT2D eigenvalue weighted by Gasteiger charge is -2.27. The smallest absolute Gasteiger partial charge is 0.335 e. The minimum Gasteiger partial charge on any atom is -0.507 e. The summed E-state index contributed by atoms with van der Waals surface area (Å²) in [6.45, 7) is 12.1. The Bertz CT molecular complexity index is 920. The van der Waals surface area contributed by atoms with E-state index in [1.807, 2.05) is 53.7 Å². The fraction of sp³-hybridized carbons (Fsp3) is 0.360. The average Bonchev–Trinajstić information content (AvgIpc) is 2.63. The highest BCUT2D eigenvalue weighted by molar-refractivity contribution is 5.94. The van der Waals surface area contributed by atoms with Crippen molar-refractivity contribution in [3.63, 3.8) is 0 Å². The number of ether oxygens (including phenoxy) is 1. The lowest BCUT2D eigenvalue weighted by atomic mass is 9.78. The largest absolute Gasteiger partial charge is 0.507 e. The molecule has 5 nitrogen and oxygen atoms in total. The topological polar surface area (TPSA) is 83.8 Å². The normalized spacial score (nSPS) is 12.2. The number of aromatic carboxylic acids is 1. The minimum absolute atomic E-state index is 0.154. The molecule has 0 radical (unpaired) electrons. The summed E-state index contributed by atoms with van der Waals surface area (Å²) in [6.07, 6.45) is 3.18. The number of carboxylic acids is 1. The van der Waals surface area contributed by atoms with Crippen LogP contribution < -0.4 is 4.74 Å². The lowest BCUT2D eigenvalue weighted by molar-refractivity contribution is -0.116. The van der Waals surface area contributed by atoms with Gasteiger partial charge in [-0.25, -0.2) is 4.79 Å². The molecule has 160 valence electrons. The molecule has 2 aromatic carbocycles. The van der Waals surface area contributed by atoms with E-state index >= 15 is 0 Å². The molecule has 0 atom stereocenters. The van der Waals surface area contributed by atoms with Crippen molar-refractivity contribution < 1.29 is 24.5 Å². The maximum atomic E-state index is 12.2. The molecule has 5 heteroatoms. The molecule has 0 amide bonds. The van der Waals surface area contributed by atoms with Gasteiger partial charge in [-0.05, 0) is 58.9 Å². The number of hydrogen-bond donors (Lipinski definition) is 2. The van der Waals surface area contributed by atoms with Gasteiger partial charge in [-0.1, -0.05) is 47.6 Å². The first kappa shape index (κ1) is 23.2. The Balaban J connectivity index is 2.18. The van der Waals surface area contributed by atoms with Crippen molar-refractivity contribution in [1.82, 2.24) is 0 Å². The van der Waals surface area contributed by atoms with E-state index in [1.54, 1.807) is 6.08 Å². The molecule has 0 heterocycles. The molecule has 2 rings (SSSR count). The number of hydrogen-bond acceptors (Lipinski definition) is 4. The summed E-state index contributed by atoms with van der Waals surface area (Å²) in [5, 5.41) is 19.7. The van der Waals surface area contributed by atoms with Crippen LogP contribution in [0.4, 0.5) is 0 Å². The van der Waals surface area contributed by atoms with Crippen LogP contribution in [0.1, 0.15) is 68.6 Å². The minimum atomic E-state index is -1.02. The van der Waals surface area contributed by atoms with Gasteiger partial charge in [0.1, 0.15) is 11.5 Å². The highest BCUT2D eigenvalue weighted by Crippen LogP contribution is 2.40. The van der Waals surface area contributed by atoms with E-state index in [0.717, 1.165) is 16.7 Å². The molecule has 0 unspecified atom stereocenters. The molecule has 0 aliphatic heterocycles. The van der Waals surface area contributed by atoms with Crippen LogP contribution >= 0.6 is 0 Å². The van der Waals surface area contributed by atoms with Gasteiger partial charge in [0.05, 0.1) is 5.56 Å². The van der Waals surface area contributed by atoms with Crippen molar-refractivity contribution in [3.8, 4) is 11.5 Å². The Hall–Kier alpha value is -3.08. The van der Waals surface area contributed by atoms with Crippen molar-refractivity contribution in [3.05, 3.63) is 64.7 Å². The SMILES string of the molecule is CC(C)(C)c1cc(/C=C/C(=O)COc2ccc(C(=O)O)cc2)cc(C(C)(C)C)c1O. The van der Waals surface area contributed by atoms with Gasteiger partial charge in [0, 0.05) is 11.1 Å². The highest BCUT2D eigenvalue weighted by atomic mass is 16.5. The van der Waals surface area contributed by atoms with Gasteiger partial charge in [0.25, 0.3) is 0 Å². The second-order valence-electron chi connectivity index (χ2n) is 9.38. The number of phenolic OH excluding ortho intramolecular Hbond substituents is 1. The zero-order valence-corrected chi connectivity index (χ0v) is 18.4. The number of ketones is 1. The van der Waals surface area contributed by atoms with Gasteiger partial charge in [-0.2, -0.15) is 0 Å². The molecule has 0 saturated heterocycles. The Labute approximate surface area is 178 Å². The number of benzene rings is 2. The van der Waals surface area contributed by atoms with Gasteiger partial charge >= 0.3 is 5.97 Å². The second kappa shape index (κ2) is 8.74. The van der Waals surface area contributed by atoms with Crippen LogP contribution in [0.2, 0.25) is 0 Å². The first-order chi connectivity index (χ1) is 13.8. The first-order valence-corrected chi connectivity index (χ1v) is 9.84. The molecule has 2 N–H and O–H groups in total. The summed E-state index contributed by atoms with van der Waals surface area (Å²) in [4.78, 5) is 23.1. The maximum Gasteiger partial charge on any atom is 0.335 e. The predicted octanol–water partition coefficient (Wildman–Crippen LogP) is 5.35. The number of carbonyl (C=O) groups excluding carboxylic acids is 1.